The Morgan fingerprint density at radius 1 is 0.383 bits per heavy atom. The molecule has 7 aliphatic heterocycles. The first-order valence-electron chi connectivity index (χ1n) is 37.5. The summed E-state index contributed by atoms with van der Waals surface area (Å²) in [6, 6.07) is 55.4. The SMILES string of the molecule is COc1ccc(COc2cc(N3CCOCC3)nc(Cl)n2)cc1.COc1ccc(COc2cc(N3CCOCC3)nc(N3CCCC3Cc3ccccc3)n2)cc1.O=c1cc(N2CCOCC2)nc(N2CCC[C@@H]2Cc2ccccc2)[nH]1.O=c1cc(N2CCOCC2)nc(N2CCC[C@H]2Cc2ccccc2)[nH]1. The van der Waals surface area contributed by atoms with Crippen LogP contribution in [0.5, 0.6) is 23.3 Å². The van der Waals surface area contributed by atoms with Crippen molar-refractivity contribution in [1.82, 2.24) is 39.9 Å². The predicted molar refractivity (Wildman–Crippen MR) is 417 cm³/mol. The summed E-state index contributed by atoms with van der Waals surface area (Å²) < 4.78 is 44.0. The zero-order valence-electron chi connectivity index (χ0n) is 61.3. The molecule has 107 heavy (non-hydrogen) atoms. The summed E-state index contributed by atoms with van der Waals surface area (Å²) in [4.78, 5) is 73.6. The van der Waals surface area contributed by atoms with Gasteiger partial charge in [-0.3, -0.25) is 19.6 Å². The number of rotatable bonds is 21. The average Bonchev–Trinajstić information content (AvgIpc) is 1.75. The van der Waals surface area contributed by atoms with Crippen LogP contribution in [0.25, 0.3) is 0 Å². The molecule has 5 aromatic carbocycles. The number of nitrogens with zero attached hydrogens (tertiary/aromatic N) is 13. The number of aromatic nitrogens is 8. The van der Waals surface area contributed by atoms with E-state index in [1.54, 1.807) is 32.4 Å². The second kappa shape index (κ2) is 38.5. The lowest BCUT2D eigenvalue weighted by Gasteiger charge is -2.30. The summed E-state index contributed by atoms with van der Waals surface area (Å²) in [5.41, 5.74) is 5.91. The Kier molecular flexibility index (Phi) is 27.0. The fraction of sp³-hybridized carbons (Fsp3) is 0.432. The minimum atomic E-state index is -0.0862. The molecule has 7 aliphatic rings. The van der Waals surface area contributed by atoms with Crippen LogP contribution < -0.4 is 64.4 Å². The summed E-state index contributed by atoms with van der Waals surface area (Å²) in [7, 11) is 3.31. The van der Waals surface area contributed by atoms with Crippen molar-refractivity contribution in [2.75, 3.05) is 173 Å². The fourth-order valence-corrected chi connectivity index (χ4v) is 14.6. The first-order chi connectivity index (χ1) is 52.6. The number of H-pyrrole nitrogens is 2. The Hall–Kier alpha value is -10.1. The molecule has 0 amide bonds. The maximum Gasteiger partial charge on any atom is 0.254 e. The van der Waals surface area contributed by atoms with Gasteiger partial charge in [0.25, 0.3) is 11.1 Å². The molecule has 11 heterocycles. The van der Waals surface area contributed by atoms with Crippen molar-refractivity contribution >= 4 is 52.7 Å². The Morgan fingerprint density at radius 3 is 1.09 bits per heavy atom. The smallest absolute Gasteiger partial charge is 0.254 e. The van der Waals surface area contributed by atoms with Gasteiger partial charge in [-0.1, -0.05) is 115 Å². The van der Waals surface area contributed by atoms with Crippen LogP contribution in [0.1, 0.15) is 66.3 Å². The van der Waals surface area contributed by atoms with Gasteiger partial charge in [0.15, 0.2) is 0 Å². The number of anilines is 7. The van der Waals surface area contributed by atoms with E-state index in [0.717, 1.165) is 182 Å². The van der Waals surface area contributed by atoms with Crippen LogP contribution in [-0.2, 0) is 51.4 Å². The minimum Gasteiger partial charge on any atom is -0.497 e. The Balaban J connectivity index is 0.000000128. The molecule has 7 fully saturated rings. The van der Waals surface area contributed by atoms with Gasteiger partial charge in [-0.05, 0) is 121 Å². The normalized spacial score (nSPS) is 18.7. The molecule has 16 rings (SSSR count). The zero-order valence-corrected chi connectivity index (χ0v) is 62.1. The summed E-state index contributed by atoms with van der Waals surface area (Å²) in [5, 5.41) is 0.179. The van der Waals surface area contributed by atoms with Gasteiger partial charge in [0.2, 0.25) is 34.9 Å². The number of morpholine rings is 4. The molecule has 1 unspecified atom stereocenters. The second-order valence-corrected chi connectivity index (χ2v) is 27.6. The van der Waals surface area contributed by atoms with Crippen molar-refractivity contribution in [3.8, 4) is 23.3 Å². The molecule has 9 aromatic rings. The third-order valence-corrected chi connectivity index (χ3v) is 20.2. The first kappa shape index (κ1) is 75.2. The molecule has 0 spiro atoms. The summed E-state index contributed by atoms with van der Waals surface area (Å²) >= 11 is 6.01. The third kappa shape index (κ3) is 21.6. The van der Waals surface area contributed by atoms with Crippen LogP contribution >= 0.6 is 11.6 Å². The molecule has 564 valence electrons. The highest BCUT2D eigenvalue weighted by Crippen LogP contribution is 2.32. The number of ether oxygens (including phenoxy) is 8. The Bertz CT molecular complexity index is 4170. The third-order valence-electron chi connectivity index (χ3n) is 20.1. The van der Waals surface area contributed by atoms with E-state index in [1.807, 2.05) is 66.7 Å². The van der Waals surface area contributed by atoms with Crippen LogP contribution in [0, 0.1) is 0 Å². The fourth-order valence-electron chi connectivity index (χ4n) is 14.4. The van der Waals surface area contributed by atoms with Crippen LogP contribution in [-0.4, -0.2) is 197 Å². The summed E-state index contributed by atoms with van der Waals surface area (Å²) in [6.45, 7) is 15.5. The molecular formula is C81H98ClN15O10. The number of benzene rings is 5. The lowest BCUT2D eigenvalue weighted by atomic mass is 10.0. The minimum absolute atomic E-state index is 0.0862. The van der Waals surface area contributed by atoms with E-state index in [9.17, 15) is 9.59 Å². The van der Waals surface area contributed by atoms with Gasteiger partial charge in [0.05, 0.1) is 67.1 Å². The summed E-state index contributed by atoms with van der Waals surface area (Å²) in [6.07, 6.45) is 9.74. The highest BCUT2D eigenvalue weighted by Gasteiger charge is 2.32. The lowest BCUT2D eigenvalue weighted by molar-refractivity contribution is 0.122. The van der Waals surface area contributed by atoms with E-state index in [4.69, 9.17) is 69.4 Å². The maximum atomic E-state index is 12.2. The number of hydrogen-bond donors (Lipinski definition) is 2. The number of nitrogens with one attached hydrogen (secondary N) is 2. The van der Waals surface area contributed by atoms with Crippen molar-refractivity contribution in [2.24, 2.45) is 0 Å². The number of methoxy groups -OCH3 is 2. The highest BCUT2D eigenvalue weighted by atomic mass is 35.5. The van der Waals surface area contributed by atoms with Crippen LogP contribution in [0.2, 0.25) is 5.28 Å². The molecule has 4 aromatic heterocycles. The van der Waals surface area contributed by atoms with Gasteiger partial charge in [0.1, 0.15) is 48.0 Å². The van der Waals surface area contributed by atoms with E-state index in [0.29, 0.717) is 108 Å². The molecular weight excluding hydrogens is 1380 g/mol. The van der Waals surface area contributed by atoms with Gasteiger partial charge in [-0.15, -0.1) is 0 Å². The zero-order chi connectivity index (χ0) is 73.4. The molecule has 26 heteroatoms. The summed E-state index contributed by atoms with van der Waals surface area (Å²) in [5.74, 6) is 8.05. The van der Waals surface area contributed by atoms with E-state index < -0.39 is 0 Å². The average molecular weight is 1480 g/mol. The van der Waals surface area contributed by atoms with Gasteiger partial charge in [0, 0.05) is 114 Å². The molecule has 25 nitrogen and oxygen atoms in total. The lowest BCUT2D eigenvalue weighted by Crippen LogP contribution is -2.39. The monoisotopic (exact) mass is 1480 g/mol. The number of hydrogen-bond acceptors (Lipinski definition) is 23. The molecule has 3 atom stereocenters. The van der Waals surface area contributed by atoms with Crippen molar-refractivity contribution in [1.29, 1.82) is 0 Å². The standard InChI is InChI=1S/C27H32N4O3.2C19H24N4O2.C16H18ClN3O3/c1-32-24-11-9-22(10-12-24)20-34-26-19-25(30-14-16-33-17-15-30)28-27(29-26)31-13-5-8-23(31)18-21-6-3-2-4-7-21;2*24-18-14-17(22-9-11-25-12-10-22)20-19(21-18)23-8-4-7-16(23)13-15-5-2-1-3-6-15;1-21-13-4-2-12(3-5-13)11-23-15-10-14(18-16(17)19-15)20-6-8-22-9-7-20/h2-4,6-7,9-12,19,23H,5,8,13-18,20H2,1H3;2*1-3,5-6,14,16H,4,7-13H2,(H,20,21,24);2-5,10H,6-9,11H2,1H3/t;2*16-;/m.10./s1. The first-order valence-corrected chi connectivity index (χ1v) is 37.9. The second-order valence-electron chi connectivity index (χ2n) is 27.3. The van der Waals surface area contributed by atoms with E-state index in [2.05, 4.69) is 133 Å². The van der Waals surface area contributed by atoms with E-state index in [1.165, 1.54) is 16.7 Å². The van der Waals surface area contributed by atoms with E-state index in [-0.39, 0.29) is 16.4 Å². The maximum absolute atomic E-state index is 12.2. The molecule has 7 saturated heterocycles. The topological polar surface area (TPSA) is 240 Å². The Labute approximate surface area is 630 Å². The van der Waals surface area contributed by atoms with Gasteiger partial charge in [-0.2, -0.15) is 24.9 Å². The van der Waals surface area contributed by atoms with Gasteiger partial charge >= 0.3 is 0 Å². The van der Waals surface area contributed by atoms with Crippen molar-refractivity contribution in [3.63, 3.8) is 0 Å². The van der Waals surface area contributed by atoms with Gasteiger partial charge in [-0.25, -0.2) is 4.98 Å². The molecule has 2 N–H and O–H groups in total. The Morgan fingerprint density at radius 2 is 0.720 bits per heavy atom. The molecule has 0 aliphatic carbocycles. The highest BCUT2D eigenvalue weighted by molar-refractivity contribution is 6.28. The van der Waals surface area contributed by atoms with E-state index >= 15 is 0 Å². The number of aromatic amines is 2. The van der Waals surface area contributed by atoms with Crippen LogP contribution in [0.15, 0.2) is 173 Å². The molecule has 0 radical (unpaired) electrons. The molecule has 0 saturated carbocycles. The molecule has 0 bridgehead atoms. The van der Waals surface area contributed by atoms with Crippen molar-refractivity contribution in [3.05, 3.63) is 218 Å². The van der Waals surface area contributed by atoms with Crippen molar-refractivity contribution < 1.29 is 37.9 Å². The van der Waals surface area contributed by atoms with Crippen LogP contribution in [0.4, 0.5) is 41.1 Å². The largest absolute Gasteiger partial charge is 0.497 e. The predicted octanol–water partition coefficient (Wildman–Crippen LogP) is 10.3. The van der Waals surface area contributed by atoms with Crippen LogP contribution in [0.3, 0.4) is 0 Å². The number of halogens is 1. The van der Waals surface area contributed by atoms with Gasteiger partial charge < -0.3 is 72.2 Å². The quantitative estimate of drug-likeness (QED) is 0.0636. The van der Waals surface area contributed by atoms with Crippen molar-refractivity contribution in [2.45, 2.75) is 89.1 Å².